The summed E-state index contributed by atoms with van der Waals surface area (Å²) in [6.07, 6.45) is 7.32. The molecule has 2 aliphatic rings. The molecule has 3 nitrogen and oxygen atoms in total. The molecule has 1 aliphatic heterocycles. The first-order valence-electron chi connectivity index (χ1n) is 5.42. The average Bonchev–Trinajstić information content (AvgIpc) is 2.17. The van der Waals surface area contributed by atoms with Crippen LogP contribution in [0, 0.1) is 5.92 Å². The van der Waals surface area contributed by atoms with Crippen molar-refractivity contribution in [2.75, 3.05) is 20.1 Å². The van der Waals surface area contributed by atoms with Crippen molar-refractivity contribution in [3.8, 4) is 0 Å². The Labute approximate surface area is 85.2 Å². The zero-order valence-corrected chi connectivity index (χ0v) is 8.70. The number of carbonyl (C=O) groups excluding carboxylic acids is 1. The Morgan fingerprint density at radius 3 is 2.79 bits per heavy atom. The lowest BCUT2D eigenvalue weighted by Gasteiger charge is -2.37. The highest BCUT2D eigenvalue weighted by molar-refractivity contribution is 5.80. The standard InChI is InChI=1S/C11H18N2O/c1-12-10-7-9(8-10)11(14)13-5-3-2-4-6-13/h2-3,9-10,12H,4-8H2,1H3. The van der Waals surface area contributed by atoms with Crippen molar-refractivity contribution in [2.24, 2.45) is 5.92 Å². The average molecular weight is 194 g/mol. The maximum Gasteiger partial charge on any atom is 0.226 e. The van der Waals surface area contributed by atoms with E-state index >= 15 is 0 Å². The molecule has 0 unspecified atom stereocenters. The number of amides is 1. The highest BCUT2D eigenvalue weighted by atomic mass is 16.2. The minimum Gasteiger partial charge on any atom is -0.338 e. The molecular formula is C11H18N2O. The Hall–Kier alpha value is -0.830. The second-order valence-electron chi connectivity index (χ2n) is 4.20. The molecule has 0 aromatic carbocycles. The van der Waals surface area contributed by atoms with Crippen LogP contribution < -0.4 is 5.32 Å². The van der Waals surface area contributed by atoms with Crippen molar-refractivity contribution >= 4 is 5.91 Å². The number of rotatable bonds is 2. The summed E-state index contributed by atoms with van der Waals surface area (Å²) in [5.74, 6) is 0.653. The molecule has 1 fully saturated rings. The van der Waals surface area contributed by atoms with E-state index in [4.69, 9.17) is 0 Å². The van der Waals surface area contributed by atoms with Crippen molar-refractivity contribution in [3.05, 3.63) is 12.2 Å². The van der Waals surface area contributed by atoms with Crippen LogP contribution in [0.2, 0.25) is 0 Å². The van der Waals surface area contributed by atoms with Crippen molar-refractivity contribution in [1.82, 2.24) is 10.2 Å². The maximum absolute atomic E-state index is 11.9. The summed E-state index contributed by atoms with van der Waals surface area (Å²) in [7, 11) is 1.97. The fourth-order valence-corrected chi connectivity index (χ4v) is 2.15. The minimum absolute atomic E-state index is 0.291. The zero-order chi connectivity index (χ0) is 9.97. The lowest BCUT2D eigenvalue weighted by molar-refractivity contribution is -0.138. The Morgan fingerprint density at radius 2 is 2.21 bits per heavy atom. The third-order valence-electron chi connectivity index (χ3n) is 3.27. The molecule has 14 heavy (non-hydrogen) atoms. The van der Waals surface area contributed by atoms with Gasteiger partial charge in [-0.2, -0.15) is 0 Å². The summed E-state index contributed by atoms with van der Waals surface area (Å²) >= 11 is 0. The van der Waals surface area contributed by atoms with Crippen LogP contribution in [-0.2, 0) is 4.79 Å². The normalized spacial score (nSPS) is 31.4. The molecule has 0 aromatic heterocycles. The van der Waals surface area contributed by atoms with Gasteiger partial charge in [0.1, 0.15) is 0 Å². The first-order chi connectivity index (χ1) is 6.81. The van der Waals surface area contributed by atoms with Gasteiger partial charge in [0.2, 0.25) is 5.91 Å². The zero-order valence-electron chi connectivity index (χ0n) is 8.70. The van der Waals surface area contributed by atoms with Gasteiger partial charge in [0.05, 0.1) is 0 Å². The lowest BCUT2D eigenvalue weighted by atomic mass is 9.79. The summed E-state index contributed by atoms with van der Waals surface area (Å²) in [5.41, 5.74) is 0. The fourth-order valence-electron chi connectivity index (χ4n) is 2.15. The van der Waals surface area contributed by atoms with Gasteiger partial charge in [-0.05, 0) is 26.3 Å². The van der Waals surface area contributed by atoms with Crippen LogP contribution in [0.5, 0.6) is 0 Å². The molecule has 0 aromatic rings. The Kier molecular flexibility index (Phi) is 2.87. The van der Waals surface area contributed by atoms with Crippen LogP contribution in [0.25, 0.3) is 0 Å². The molecule has 1 saturated carbocycles. The summed E-state index contributed by atoms with van der Waals surface area (Å²) in [6, 6.07) is 0.573. The van der Waals surface area contributed by atoms with Gasteiger partial charge in [-0.3, -0.25) is 4.79 Å². The first-order valence-corrected chi connectivity index (χ1v) is 5.42. The van der Waals surface area contributed by atoms with Crippen LogP contribution in [0.4, 0.5) is 0 Å². The van der Waals surface area contributed by atoms with E-state index in [9.17, 15) is 4.79 Å². The topological polar surface area (TPSA) is 32.3 Å². The van der Waals surface area contributed by atoms with Gasteiger partial charge in [-0.25, -0.2) is 0 Å². The molecule has 0 bridgehead atoms. The predicted octanol–water partition coefficient (Wildman–Crippen LogP) is 0.773. The van der Waals surface area contributed by atoms with Gasteiger partial charge in [-0.1, -0.05) is 12.2 Å². The van der Waals surface area contributed by atoms with E-state index in [1.807, 2.05) is 11.9 Å². The van der Waals surface area contributed by atoms with Crippen LogP contribution in [0.3, 0.4) is 0 Å². The minimum atomic E-state index is 0.291. The maximum atomic E-state index is 11.9. The van der Waals surface area contributed by atoms with E-state index in [1.54, 1.807) is 0 Å². The van der Waals surface area contributed by atoms with Crippen molar-refractivity contribution in [3.63, 3.8) is 0 Å². The van der Waals surface area contributed by atoms with E-state index in [-0.39, 0.29) is 0 Å². The van der Waals surface area contributed by atoms with Crippen LogP contribution in [-0.4, -0.2) is 37.0 Å². The number of hydrogen-bond acceptors (Lipinski definition) is 2. The number of nitrogens with zero attached hydrogens (tertiary/aromatic N) is 1. The van der Waals surface area contributed by atoms with Gasteiger partial charge in [0.25, 0.3) is 0 Å². The van der Waals surface area contributed by atoms with Gasteiger partial charge in [0, 0.05) is 25.0 Å². The summed E-state index contributed by atoms with van der Waals surface area (Å²) < 4.78 is 0. The second-order valence-corrected chi connectivity index (χ2v) is 4.20. The quantitative estimate of drug-likeness (QED) is 0.659. The highest BCUT2D eigenvalue weighted by Crippen LogP contribution is 2.29. The SMILES string of the molecule is CNC1CC(C(=O)N2CC=CCC2)C1. The van der Waals surface area contributed by atoms with Crippen LogP contribution >= 0.6 is 0 Å². The molecule has 1 N–H and O–H groups in total. The smallest absolute Gasteiger partial charge is 0.226 e. The third kappa shape index (κ3) is 1.82. The molecule has 1 amide bonds. The van der Waals surface area contributed by atoms with E-state index in [2.05, 4.69) is 17.5 Å². The van der Waals surface area contributed by atoms with Crippen molar-refractivity contribution in [2.45, 2.75) is 25.3 Å². The molecule has 3 heteroatoms. The predicted molar refractivity (Wildman–Crippen MR) is 55.9 cm³/mol. The molecule has 0 spiro atoms. The Balaban J connectivity index is 1.81. The fraction of sp³-hybridized carbons (Fsp3) is 0.727. The highest BCUT2D eigenvalue weighted by Gasteiger charge is 2.35. The summed E-state index contributed by atoms with van der Waals surface area (Å²) in [4.78, 5) is 13.9. The number of carbonyl (C=O) groups is 1. The lowest BCUT2D eigenvalue weighted by Crippen LogP contribution is -2.48. The van der Waals surface area contributed by atoms with Crippen LogP contribution in [0.1, 0.15) is 19.3 Å². The van der Waals surface area contributed by atoms with Gasteiger partial charge >= 0.3 is 0 Å². The Bertz CT molecular complexity index is 244. The molecular weight excluding hydrogens is 176 g/mol. The van der Waals surface area contributed by atoms with Crippen molar-refractivity contribution < 1.29 is 4.79 Å². The van der Waals surface area contributed by atoms with Gasteiger partial charge in [0.15, 0.2) is 0 Å². The van der Waals surface area contributed by atoms with E-state index in [1.165, 1.54) is 0 Å². The molecule has 78 valence electrons. The van der Waals surface area contributed by atoms with Crippen LogP contribution in [0.15, 0.2) is 12.2 Å². The molecule has 0 radical (unpaired) electrons. The van der Waals surface area contributed by atoms with Gasteiger partial charge in [-0.15, -0.1) is 0 Å². The largest absolute Gasteiger partial charge is 0.338 e. The number of hydrogen-bond donors (Lipinski definition) is 1. The van der Waals surface area contributed by atoms with Crippen molar-refractivity contribution in [1.29, 1.82) is 0 Å². The van der Waals surface area contributed by atoms with E-state index in [0.717, 1.165) is 32.4 Å². The molecule has 1 aliphatic carbocycles. The summed E-state index contributed by atoms with van der Waals surface area (Å²) in [5, 5.41) is 3.20. The van der Waals surface area contributed by atoms with Gasteiger partial charge < -0.3 is 10.2 Å². The monoisotopic (exact) mass is 194 g/mol. The molecule has 0 saturated heterocycles. The molecule has 1 heterocycles. The first kappa shape index (κ1) is 9.71. The third-order valence-corrected chi connectivity index (χ3v) is 3.27. The van der Waals surface area contributed by atoms with E-state index in [0.29, 0.717) is 17.9 Å². The van der Waals surface area contributed by atoms with E-state index < -0.39 is 0 Å². The summed E-state index contributed by atoms with van der Waals surface area (Å²) in [6.45, 7) is 1.73. The molecule has 2 rings (SSSR count). The number of nitrogens with one attached hydrogen (secondary N) is 1. The second kappa shape index (κ2) is 4.13. The molecule has 0 atom stereocenters. The Morgan fingerprint density at radius 1 is 1.43 bits per heavy atom.